The van der Waals surface area contributed by atoms with Gasteiger partial charge in [0.25, 0.3) is 5.91 Å². The predicted molar refractivity (Wildman–Crippen MR) is 72.1 cm³/mol. The summed E-state index contributed by atoms with van der Waals surface area (Å²) < 4.78 is 1.58. The lowest BCUT2D eigenvalue weighted by Crippen LogP contribution is -2.51. The van der Waals surface area contributed by atoms with Gasteiger partial charge >= 0.3 is 5.97 Å². The molecule has 1 fully saturated rings. The molecule has 1 N–H and O–H groups in total. The summed E-state index contributed by atoms with van der Waals surface area (Å²) in [4.78, 5) is 24.1. The highest BCUT2D eigenvalue weighted by Gasteiger charge is 2.49. The highest BCUT2D eigenvalue weighted by atomic mass is 32.2. The molecule has 1 amide bonds. The third-order valence-electron chi connectivity index (χ3n) is 2.92. The number of carboxylic acid groups (broad SMARTS) is 1. The van der Waals surface area contributed by atoms with Crippen molar-refractivity contribution in [3.63, 3.8) is 0 Å². The van der Waals surface area contributed by atoms with Crippen molar-refractivity contribution in [1.29, 1.82) is 0 Å². The van der Waals surface area contributed by atoms with Gasteiger partial charge < -0.3 is 5.11 Å². The number of hydrogen-bond donors (Lipinski definition) is 1. The maximum Gasteiger partial charge on any atom is 0.353 e. The normalized spacial score (nSPS) is 23.1. The van der Waals surface area contributed by atoms with Crippen LogP contribution in [0.5, 0.6) is 0 Å². The Balaban J connectivity index is 1.72. The van der Waals surface area contributed by atoms with E-state index in [0.717, 1.165) is 0 Å². The summed E-state index contributed by atoms with van der Waals surface area (Å²) in [7, 11) is 1.77. The lowest BCUT2D eigenvalue weighted by atomic mass is 10.0. The van der Waals surface area contributed by atoms with Crippen LogP contribution in [0.3, 0.4) is 0 Å². The zero-order valence-corrected chi connectivity index (χ0v) is 11.2. The van der Waals surface area contributed by atoms with Crippen LogP contribution >= 0.6 is 11.8 Å². The number of thioether (sulfide) groups is 1. The van der Waals surface area contributed by atoms with Crippen LogP contribution in [0.25, 0.3) is 6.08 Å². The Morgan fingerprint density at radius 1 is 1.55 bits per heavy atom. The number of carbonyl (C=O) groups is 2. The van der Waals surface area contributed by atoms with Crippen molar-refractivity contribution >= 4 is 29.7 Å². The first-order valence-electron chi connectivity index (χ1n) is 5.75. The van der Waals surface area contributed by atoms with Crippen molar-refractivity contribution in [2.24, 2.45) is 7.05 Å². The second-order valence-corrected chi connectivity index (χ2v) is 5.22. The number of nitrogens with zero attached hydrogens (tertiary/aromatic N) is 4. The minimum Gasteiger partial charge on any atom is -0.477 e. The number of rotatable bonds is 3. The van der Waals surface area contributed by atoms with Crippen LogP contribution in [0.2, 0.25) is 0 Å². The molecule has 8 heteroatoms. The average molecular weight is 290 g/mol. The molecule has 1 saturated heterocycles. The molecule has 2 aliphatic heterocycles. The van der Waals surface area contributed by atoms with Gasteiger partial charge in [-0.05, 0) is 6.08 Å². The predicted octanol–water partition coefficient (Wildman–Crippen LogP) is 0.596. The number of aryl methyl sites for hydroxylation is 1. The number of hydrogen-bond acceptors (Lipinski definition) is 5. The van der Waals surface area contributed by atoms with E-state index in [-0.39, 0.29) is 17.0 Å². The molecule has 3 heterocycles. The van der Waals surface area contributed by atoms with Gasteiger partial charge in [0.15, 0.2) is 0 Å². The molecule has 1 aromatic rings. The van der Waals surface area contributed by atoms with E-state index < -0.39 is 5.97 Å². The van der Waals surface area contributed by atoms with Crippen molar-refractivity contribution in [2.45, 2.75) is 5.37 Å². The highest BCUT2D eigenvalue weighted by Crippen LogP contribution is 2.44. The molecule has 0 radical (unpaired) electrons. The van der Waals surface area contributed by atoms with E-state index in [0.29, 0.717) is 11.3 Å². The molecule has 0 aromatic carbocycles. The number of allylic oxidation sites excluding steroid dienone is 2. The van der Waals surface area contributed by atoms with E-state index in [2.05, 4.69) is 10.3 Å². The Morgan fingerprint density at radius 2 is 2.35 bits per heavy atom. The highest BCUT2D eigenvalue weighted by molar-refractivity contribution is 8.03. The summed E-state index contributed by atoms with van der Waals surface area (Å²) in [6.45, 7) is 0. The third kappa shape index (κ3) is 1.94. The lowest BCUT2D eigenvalue weighted by molar-refractivity contribution is -0.141. The van der Waals surface area contributed by atoms with Crippen molar-refractivity contribution in [3.8, 4) is 0 Å². The maximum absolute atomic E-state index is 11.9. The van der Waals surface area contributed by atoms with Crippen LogP contribution in [0.4, 0.5) is 0 Å². The van der Waals surface area contributed by atoms with E-state index >= 15 is 0 Å². The van der Waals surface area contributed by atoms with Gasteiger partial charge in [-0.1, -0.05) is 17.4 Å². The summed E-state index contributed by atoms with van der Waals surface area (Å²) in [5.41, 5.74) is 1.32. The number of carboxylic acids is 1. The molecule has 1 atom stereocenters. The van der Waals surface area contributed by atoms with Crippen molar-refractivity contribution < 1.29 is 14.7 Å². The Kier molecular flexibility index (Phi) is 2.94. The van der Waals surface area contributed by atoms with E-state index in [1.165, 1.54) is 22.1 Å². The van der Waals surface area contributed by atoms with Gasteiger partial charge in [-0.3, -0.25) is 14.4 Å². The number of β-lactam (4-membered cyclic amide) rings is 1. The first-order valence-corrected chi connectivity index (χ1v) is 6.69. The van der Waals surface area contributed by atoms with Crippen LogP contribution in [0.1, 0.15) is 5.69 Å². The fourth-order valence-electron chi connectivity index (χ4n) is 1.98. The summed E-state index contributed by atoms with van der Waals surface area (Å²) in [5, 5.41) is 17.9. The first-order chi connectivity index (χ1) is 9.58. The van der Waals surface area contributed by atoms with Crippen molar-refractivity contribution in [2.75, 3.05) is 0 Å². The molecule has 20 heavy (non-hydrogen) atoms. The van der Waals surface area contributed by atoms with E-state index in [1.54, 1.807) is 36.2 Å². The maximum atomic E-state index is 11.9. The molecule has 0 aliphatic carbocycles. The van der Waals surface area contributed by atoms with Gasteiger partial charge in [-0.15, -0.1) is 16.9 Å². The monoisotopic (exact) mass is 290 g/mol. The summed E-state index contributed by atoms with van der Waals surface area (Å²) in [5.74, 6) is -1.35. The molecular formula is C12H10N4O3S. The number of aromatic nitrogens is 3. The van der Waals surface area contributed by atoms with Crippen LogP contribution in [0, 0.1) is 0 Å². The second-order valence-electron chi connectivity index (χ2n) is 4.27. The quantitative estimate of drug-likeness (QED) is 0.647. The zero-order valence-electron chi connectivity index (χ0n) is 10.4. The SMILES string of the molecule is Cn1cc(/C=C/C=C2/C(=O)N3C(C(=O)O)=CS[C@H]23)nn1. The molecule has 1 aromatic heterocycles. The molecule has 3 rings (SSSR count). The Bertz CT molecular complexity index is 689. The van der Waals surface area contributed by atoms with Gasteiger partial charge in [-0.2, -0.15) is 0 Å². The Labute approximate surface area is 118 Å². The second kappa shape index (κ2) is 4.64. The molecule has 0 unspecified atom stereocenters. The smallest absolute Gasteiger partial charge is 0.353 e. The van der Waals surface area contributed by atoms with Crippen molar-refractivity contribution in [1.82, 2.24) is 19.9 Å². The summed E-state index contributed by atoms with van der Waals surface area (Å²) >= 11 is 1.32. The van der Waals surface area contributed by atoms with Gasteiger partial charge in [0.1, 0.15) is 16.8 Å². The fraction of sp³-hybridized carbons (Fsp3) is 0.167. The number of carbonyl (C=O) groups excluding carboxylic acids is 1. The molecule has 0 spiro atoms. The number of amides is 1. The molecule has 0 saturated carbocycles. The molecule has 2 aliphatic rings. The molecular weight excluding hydrogens is 280 g/mol. The van der Waals surface area contributed by atoms with Crippen LogP contribution in [0.15, 0.2) is 35.0 Å². The standard InChI is InChI=1S/C12H10N4O3S/c1-15-5-7(13-14-15)3-2-4-8-10(17)16-9(12(18)19)6-20-11(8)16/h2-6,11H,1H3,(H,18,19)/b3-2+,8-4-/t11-/m1/s1. The minimum absolute atomic E-state index is 0.0417. The largest absolute Gasteiger partial charge is 0.477 e. The summed E-state index contributed by atoms with van der Waals surface area (Å²) in [6.07, 6.45) is 6.89. The van der Waals surface area contributed by atoms with Gasteiger partial charge in [-0.25, -0.2) is 4.79 Å². The summed E-state index contributed by atoms with van der Waals surface area (Å²) in [6, 6.07) is 0. The van der Waals surface area contributed by atoms with E-state index in [9.17, 15) is 9.59 Å². The Hall–Kier alpha value is -2.35. The number of fused-ring (bicyclic) bond motifs is 1. The zero-order chi connectivity index (χ0) is 14.3. The van der Waals surface area contributed by atoms with Crippen LogP contribution in [-0.4, -0.2) is 42.3 Å². The van der Waals surface area contributed by atoms with Crippen molar-refractivity contribution in [3.05, 3.63) is 40.7 Å². The lowest BCUT2D eigenvalue weighted by Gasteiger charge is -2.36. The van der Waals surface area contributed by atoms with E-state index in [4.69, 9.17) is 5.11 Å². The number of aliphatic carboxylic acids is 1. The van der Waals surface area contributed by atoms with Gasteiger partial charge in [0, 0.05) is 12.5 Å². The molecule has 102 valence electrons. The van der Waals surface area contributed by atoms with Gasteiger partial charge in [0.2, 0.25) is 0 Å². The topological polar surface area (TPSA) is 88.3 Å². The third-order valence-corrected chi connectivity index (χ3v) is 4.00. The molecule has 7 nitrogen and oxygen atoms in total. The average Bonchev–Trinajstić information content (AvgIpc) is 2.98. The fourth-order valence-corrected chi connectivity index (χ4v) is 3.11. The van der Waals surface area contributed by atoms with E-state index in [1.807, 2.05) is 0 Å². The Morgan fingerprint density at radius 3 is 3.00 bits per heavy atom. The minimum atomic E-state index is -1.08. The van der Waals surface area contributed by atoms with Crippen LogP contribution < -0.4 is 0 Å². The van der Waals surface area contributed by atoms with Gasteiger partial charge in [0.05, 0.1) is 11.8 Å². The first kappa shape index (κ1) is 12.7. The molecule has 0 bridgehead atoms. The van der Waals surface area contributed by atoms with Crippen LogP contribution in [-0.2, 0) is 16.6 Å².